The predicted octanol–water partition coefficient (Wildman–Crippen LogP) is 3.92. The van der Waals surface area contributed by atoms with E-state index >= 15 is 0 Å². The second kappa shape index (κ2) is 5.66. The van der Waals surface area contributed by atoms with E-state index in [1.54, 1.807) is 0 Å². The fourth-order valence-corrected chi connectivity index (χ4v) is 2.88. The molecule has 0 aliphatic heterocycles. The van der Waals surface area contributed by atoms with Gasteiger partial charge >= 0.3 is 5.69 Å². The number of rotatable bonds is 3. The molecule has 2 heterocycles. The van der Waals surface area contributed by atoms with Crippen LogP contribution >= 0.6 is 27.7 Å². The van der Waals surface area contributed by atoms with Gasteiger partial charge in [0.25, 0.3) is 0 Å². The van der Waals surface area contributed by atoms with Crippen molar-refractivity contribution >= 4 is 33.4 Å². The number of nitro groups is 1. The van der Waals surface area contributed by atoms with Crippen molar-refractivity contribution < 1.29 is 4.92 Å². The molecule has 0 bridgehead atoms. The number of hydrogen-bond donors (Lipinski definition) is 0. The molecule has 5 nitrogen and oxygen atoms in total. The van der Waals surface area contributed by atoms with Crippen LogP contribution in [0.1, 0.15) is 11.3 Å². The van der Waals surface area contributed by atoms with Crippen molar-refractivity contribution in [2.24, 2.45) is 0 Å². The van der Waals surface area contributed by atoms with Crippen molar-refractivity contribution in [3.8, 4) is 0 Å². The highest BCUT2D eigenvalue weighted by Gasteiger charge is 2.17. The fourth-order valence-electron chi connectivity index (χ4n) is 1.58. The Morgan fingerprint density at radius 1 is 1.32 bits per heavy atom. The number of nitrogens with zero attached hydrogens (tertiary/aromatic N) is 3. The molecule has 0 N–H and O–H groups in total. The number of hydrogen-bond acceptors (Lipinski definition) is 5. The minimum atomic E-state index is -0.442. The molecule has 0 saturated heterocycles. The normalized spacial score (nSPS) is 10.5. The van der Waals surface area contributed by atoms with Gasteiger partial charge in [0.05, 0.1) is 4.92 Å². The molecule has 2 aromatic heterocycles. The molecule has 0 aromatic carbocycles. The third-order valence-corrected chi connectivity index (χ3v) is 3.63. The van der Waals surface area contributed by atoms with Crippen LogP contribution in [0.2, 0.25) is 0 Å². The second-order valence-corrected chi connectivity index (χ2v) is 5.89. The van der Waals surface area contributed by atoms with Crippen LogP contribution in [-0.4, -0.2) is 14.9 Å². The zero-order chi connectivity index (χ0) is 14.0. The standard InChI is InChI=1S/C12H10BrN3O2S/c1-7-3-8(2)15-11(4-7)19-12-10(16(17)18)5-9(13)6-14-12/h3-6H,1-2H3. The number of aromatic nitrogens is 2. The molecule has 2 rings (SSSR count). The average Bonchev–Trinajstić information content (AvgIpc) is 2.30. The van der Waals surface area contributed by atoms with Crippen LogP contribution < -0.4 is 0 Å². The maximum absolute atomic E-state index is 11.0. The summed E-state index contributed by atoms with van der Waals surface area (Å²) in [6.45, 7) is 3.85. The van der Waals surface area contributed by atoms with E-state index in [0.717, 1.165) is 11.3 Å². The zero-order valence-corrected chi connectivity index (χ0v) is 12.7. The van der Waals surface area contributed by atoms with Crippen molar-refractivity contribution in [3.63, 3.8) is 0 Å². The minimum absolute atomic E-state index is 0.0275. The molecular formula is C12H10BrN3O2S. The highest BCUT2D eigenvalue weighted by molar-refractivity contribution is 9.10. The highest BCUT2D eigenvalue weighted by atomic mass is 79.9. The summed E-state index contributed by atoms with van der Waals surface area (Å²) in [5.41, 5.74) is 1.91. The SMILES string of the molecule is Cc1cc(C)nc(Sc2ncc(Br)cc2[N+](=O)[O-])c1. The quantitative estimate of drug-likeness (QED) is 0.626. The first kappa shape index (κ1) is 14.0. The van der Waals surface area contributed by atoms with Gasteiger partial charge in [-0.3, -0.25) is 10.1 Å². The molecule has 19 heavy (non-hydrogen) atoms. The van der Waals surface area contributed by atoms with E-state index in [0.29, 0.717) is 14.5 Å². The summed E-state index contributed by atoms with van der Waals surface area (Å²) in [5.74, 6) is 0. The number of halogens is 1. The van der Waals surface area contributed by atoms with Crippen molar-refractivity contribution in [1.29, 1.82) is 0 Å². The number of pyridine rings is 2. The zero-order valence-electron chi connectivity index (χ0n) is 10.3. The molecule has 0 saturated carbocycles. The van der Waals surface area contributed by atoms with Crippen LogP contribution in [0.25, 0.3) is 0 Å². The van der Waals surface area contributed by atoms with Gasteiger partial charge in [-0.15, -0.1) is 0 Å². The van der Waals surface area contributed by atoms with Crippen LogP contribution in [0.3, 0.4) is 0 Å². The first-order chi connectivity index (χ1) is 8.95. The molecule has 2 aromatic rings. The monoisotopic (exact) mass is 339 g/mol. The average molecular weight is 340 g/mol. The van der Waals surface area contributed by atoms with Crippen LogP contribution in [0, 0.1) is 24.0 Å². The fraction of sp³-hybridized carbons (Fsp3) is 0.167. The van der Waals surface area contributed by atoms with E-state index in [1.807, 2.05) is 26.0 Å². The molecule has 0 radical (unpaired) electrons. The molecule has 0 spiro atoms. The molecule has 0 aliphatic rings. The maximum atomic E-state index is 11.0. The summed E-state index contributed by atoms with van der Waals surface area (Å²) in [6, 6.07) is 5.27. The van der Waals surface area contributed by atoms with Crippen molar-refractivity contribution in [2.75, 3.05) is 0 Å². The first-order valence-corrected chi connectivity index (χ1v) is 7.00. The Balaban J connectivity index is 2.40. The molecular weight excluding hydrogens is 330 g/mol. The van der Waals surface area contributed by atoms with Gasteiger partial charge in [-0.2, -0.15) is 0 Å². The summed E-state index contributed by atoms with van der Waals surface area (Å²) in [7, 11) is 0. The lowest BCUT2D eigenvalue weighted by atomic mass is 10.3. The largest absolute Gasteiger partial charge is 0.302 e. The second-order valence-electron chi connectivity index (χ2n) is 3.96. The van der Waals surface area contributed by atoms with Crippen molar-refractivity contribution in [3.05, 3.63) is 50.2 Å². The Bertz CT molecular complexity index is 629. The van der Waals surface area contributed by atoms with E-state index < -0.39 is 4.92 Å². The van der Waals surface area contributed by atoms with Crippen LogP contribution in [0.4, 0.5) is 5.69 Å². The molecule has 7 heteroatoms. The smallest absolute Gasteiger partial charge is 0.258 e. The van der Waals surface area contributed by atoms with Crippen LogP contribution in [-0.2, 0) is 0 Å². The summed E-state index contributed by atoms with van der Waals surface area (Å²) in [6.07, 6.45) is 1.54. The Kier molecular flexibility index (Phi) is 4.16. The first-order valence-electron chi connectivity index (χ1n) is 5.39. The van der Waals surface area contributed by atoms with Gasteiger partial charge in [-0.25, -0.2) is 9.97 Å². The van der Waals surface area contributed by atoms with Gasteiger partial charge in [0.15, 0.2) is 5.03 Å². The lowest BCUT2D eigenvalue weighted by molar-refractivity contribution is -0.388. The van der Waals surface area contributed by atoms with Gasteiger partial charge in [0.2, 0.25) is 0 Å². The van der Waals surface area contributed by atoms with E-state index in [2.05, 4.69) is 25.9 Å². The van der Waals surface area contributed by atoms with Gasteiger partial charge in [-0.05, 0) is 59.2 Å². The molecule has 0 amide bonds. The minimum Gasteiger partial charge on any atom is -0.258 e. The van der Waals surface area contributed by atoms with E-state index in [1.165, 1.54) is 24.0 Å². The molecule has 0 unspecified atom stereocenters. The summed E-state index contributed by atoms with van der Waals surface area (Å²) in [4.78, 5) is 19.0. The molecule has 0 fully saturated rings. The highest BCUT2D eigenvalue weighted by Crippen LogP contribution is 2.33. The van der Waals surface area contributed by atoms with Crippen molar-refractivity contribution in [1.82, 2.24) is 9.97 Å². The number of aryl methyl sites for hydroxylation is 2. The summed E-state index contributed by atoms with van der Waals surface area (Å²) in [5, 5.41) is 12.1. The van der Waals surface area contributed by atoms with Crippen LogP contribution in [0.5, 0.6) is 0 Å². The van der Waals surface area contributed by atoms with Crippen molar-refractivity contribution in [2.45, 2.75) is 23.9 Å². The lowest BCUT2D eigenvalue weighted by Gasteiger charge is -2.04. The topological polar surface area (TPSA) is 68.9 Å². The van der Waals surface area contributed by atoms with Gasteiger partial charge < -0.3 is 0 Å². The predicted molar refractivity (Wildman–Crippen MR) is 76.4 cm³/mol. The lowest BCUT2D eigenvalue weighted by Crippen LogP contribution is -1.94. The summed E-state index contributed by atoms with van der Waals surface area (Å²) < 4.78 is 0.580. The van der Waals surface area contributed by atoms with Gasteiger partial charge in [0, 0.05) is 22.4 Å². The van der Waals surface area contributed by atoms with Crippen LogP contribution in [0.15, 0.2) is 38.9 Å². The van der Waals surface area contributed by atoms with Gasteiger partial charge in [0.1, 0.15) is 5.03 Å². The Morgan fingerprint density at radius 2 is 2.05 bits per heavy atom. The molecule has 0 aliphatic carbocycles. The van der Waals surface area contributed by atoms with Gasteiger partial charge in [-0.1, -0.05) is 0 Å². The Labute approximate surface area is 122 Å². The van der Waals surface area contributed by atoms with E-state index in [-0.39, 0.29) is 5.69 Å². The third-order valence-electron chi connectivity index (χ3n) is 2.27. The Hall–Kier alpha value is -1.47. The summed E-state index contributed by atoms with van der Waals surface area (Å²) >= 11 is 4.38. The third kappa shape index (κ3) is 3.51. The molecule has 0 atom stereocenters. The van der Waals surface area contributed by atoms with E-state index in [4.69, 9.17) is 0 Å². The molecule has 98 valence electrons. The van der Waals surface area contributed by atoms with E-state index in [9.17, 15) is 10.1 Å². The maximum Gasteiger partial charge on any atom is 0.302 e. The Morgan fingerprint density at radius 3 is 2.68 bits per heavy atom.